The number of primary amides is 1. The summed E-state index contributed by atoms with van der Waals surface area (Å²) in [5, 5.41) is 45.0. The number of hydrogen-bond donors (Lipinski definition) is 5. The lowest BCUT2D eigenvalue weighted by atomic mass is 9.57. The predicted molar refractivity (Wildman–Crippen MR) is 150 cm³/mol. The van der Waals surface area contributed by atoms with E-state index in [1.165, 1.54) is 11.0 Å². The maximum absolute atomic E-state index is 14.0. The van der Waals surface area contributed by atoms with E-state index in [-0.39, 0.29) is 35.8 Å². The zero-order valence-electron chi connectivity index (χ0n) is 23.5. The molecule has 1 amide bonds. The highest BCUT2D eigenvalue weighted by Crippen LogP contribution is 2.53. The van der Waals surface area contributed by atoms with Crippen molar-refractivity contribution < 1.29 is 44.3 Å². The summed E-state index contributed by atoms with van der Waals surface area (Å²) in [7, 11) is 3.09. The van der Waals surface area contributed by atoms with Crippen LogP contribution in [0.25, 0.3) is 16.9 Å². The van der Waals surface area contributed by atoms with E-state index >= 15 is 0 Å². The average Bonchev–Trinajstić information content (AvgIpc) is 2.90. The second-order valence-electron chi connectivity index (χ2n) is 11.5. The van der Waals surface area contributed by atoms with Gasteiger partial charge in [0.05, 0.1) is 23.3 Å². The number of hydrogen-bond acceptors (Lipinski definition) is 10. The number of phenolic OH excluding ortho intramolecular Hbond substituents is 1. The number of ketones is 2. The van der Waals surface area contributed by atoms with Crippen molar-refractivity contribution in [3.8, 4) is 16.9 Å². The number of amides is 1. The quantitative estimate of drug-likeness (QED) is 0.261. The van der Waals surface area contributed by atoms with Gasteiger partial charge in [-0.2, -0.15) is 0 Å². The van der Waals surface area contributed by atoms with Gasteiger partial charge >= 0.3 is 5.97 Å². The zero-order chi connectivity index (χ0) is 30.8. The lowest BCUT2D eigenvalue weighted by Crippen LogP contribution is -2.65. The first kappa shape index (κ1) is 29.0. The molecule has 3 aliphatic rings. The molecule has 0 spiro atoms. The molecule has 2 aromatic rings. The molecule has 0 unspecified atom stereocenters. The van der Waals surface area contributed by atoms with Crippen LogP contribution in [0.1, 0.15) is 41.8 Å². The van der Waals surface area contributed by atoms with Crippen LogP contribution in [0.2, 0.25) is 0 Å². The largest absolute Gasteiger partial charge is 0.508 e. The van der Waals surface area contributed by atoms with Gasteiger partial charge in [0.15, 0.2) is 11.4 Å². The van der Waals surface area contributed by atoms with Gasteiger partial charge in [0.2, 0.25) is 5.78 Å². The molecule has 0 aliphatic heterocycles. The second-order valence-corrected chi connectivity index (χ2v) is 11.5. The fourth-order valence-electron chi connectivity index (χ4n) is 6.61. The number of aliphatic hydroxyl groups is 3. The first-order valence-corrected chi connectivity index (χ1v) is 13.5. The smallest absolute Gasteiger partial charge is 0.338 e. The minimum Gasteiger partial charge on any atom is -0.508 e. The van der Waals surface area contributed by atoms with Crippen molar-refractivity contribution in [3.05, 3.63) is 70.0 Å². The standard InChI is InChI=1S/C31H32N2O9/c1-13(2)42-30(40)15-7-5-6-14(10-15)17-8-9-20(34)22-18(17)11-16-12-19-24(33(3)4)26(36)23(29(32)39)28(38)31(19,41)27(37)21(16)25(22)35/h5-10,13,16,19,24,34-35,38,41H,11-12H2,1-4H3,(H2,32,39)/t16-,19-,24-,31-/m1/s1. The van der Waals surface area contributed by atoms with Gasteiger partial charge in [0.25, 0.3) is 5.91 Å². The van der Waals surface area contributed by atoms with Crippen LogP contribution in [0, 0.1) is 11.8 Å². The van der Waals surface area contributed by atoms with Gasteiger partial charge in [-0.05, 0) is 81.6 Å². The van der Waals surface area contributed by atoms with E-state index in [1.54, 1.807) is 58.3 Å². The number of phenols is 1. The molecule has 0 radical (unpaired) electrons. The fourth-order valence-corrected chi connectivity index (χ4v) is 6.61. The summed E-state index contributed by atoms with van der Waals surface area (Å²) in [6, 6.07) is 8.50. The molecule has 5 rings (SSSR count). The number of aliphatic hydroxyl groups excluding tert-OH is 2. The van der Waals surface area contributed by atoms with Crippen molar-refractivity contribution in [2.75, 3.05) is 14.1 Å². The highest BCUT2D eigenvalue weighted by molar-refractivity contribution is 6.24. The van der Waals surface area contributed by atoms with E-state index in [0.29, 0.717) is 22.3 Å². The molecule has 0 saturated heterocycles. The maximum Gasteiger partial charge on any atom is 0.338 e. The summed E-state index contributed by atoms with van der Waals surface area (Å²) in [4.78, 5) is 53.4. The molecule has 1 saturated carbocycles. The third kappa shape index (κ3) is 4.19. The Bertz CT molecular complexity index is 1620. The van der Waals surface area contributed by atoms with Crippen LogP contribution >= 0.6 is 0 Å². The fraction of sp³-hybridized carbons (Fsp3) is 0.355. The number of ether oxygens (including phenoxy) is 1. The predicted octanol–water partition coefficient (Wildman–Crippen LogP) is 2.20. The summed E-state index contributed by atoms with van der Waals surface area (Å²) < 4.78 is 5.32. The van der Waals surface area contributed by atoms with Gasteiger partial charge in [-0.1, -0.05) is 18.2 Å². The molecule has 6 N–H and O–H groups in total. The third-order valence-electron chi connectivity index (χ3n) is 8.36. The Hall–Kier alpha value is -4.48. The molecule has 0 aromatic heterocycles. The number of fused-ring (bicyclic) bond motifs is 3. The number of esters is 1. The summed E-state index contributed by atoms with van der Waals surface area (Å²) in [6.45, 7) is 3.48. The molecular weight excluding hydrogens is 544 g/mol. The van der Waals surface area contributed by atoms with Crippen molar-refractivity contribution in [1.82, 2.24) is 4.90 Å². The van der Waals surface area contributed by atoms with Crippen molar-refractivity contribution >= 4 is 29.2 Å². The number of benzene rings is 2. The molecule has 2 aromatic carbocycles. The molecule has 1 fully saturated rings. The maximum atomic E-state index is 14.0. The summed E-state index contributed by atoms with van der Waals surface area (Å²) in [5.74, 6) is -7.63. The number of aromatic hydroxyl groups is 1. The monoisotopic (exact) mass is 576 g/mol. The van der Waals surface area contributed by atoms with Crippen molar-refractivity contribution in [2.45, 2.75) is 44.4 Å². The first-order chi connectivity index (χ1) is 19.7. The minimum absolute atomic E-state index is 0.0262. The van der Waals surface area contributed by atoms with E-state index in [4.69, 9.17) is 10.5 Å². The van der Waals surface area contributed by atoms with Gasteiger partial charge in [0.1, 0.15) is 22.8 Å². The number of rotatable bonds is 5. The van der Waals surface area contributed by atoms with Crippen LogP contribution in [0.15, 0.2) is 53.3 Å². The van der Waals surface area contributed by atoms with E-state index < -0.39 is 64.0 Å². The van der Waals surface area contributed by atoms with Crippen molar-refractivity contribution in [2.24, 2.45) is 17.6 Å². The Labute approximate surface area is 241 Å². The number of nitrogens with zero attached hydrogens (tertiary/aromatic N) is 1. The third-order valence-corrected chi connectivity index (χ3v) is 8.36. The Morgan fingerprint density at radius 2 is 1.79 bits per heavy atom. The number of carbonyl (C=O) groups is 4. The molecule has 3 aliphatic carbocycles. The average molecular weight is 577 g/mol. The normalized spacial score (nSPS) is 25.4. The van der Waals surface area contributed by atoms with Gasteiger partial charge in [-0.15, -0.1) is 0 Å². The second kappa shape index (κ2) is 10.1. The first-order valence-electron chi connectivity index (χ1n) is 13.5. The van der Waals surface area contributed by atoms with Gasteiger partial charge in [-0.25, -0.2) is 4.79 Å². The van der Waals surface area contributed by atoms with Crippen LogP contribution in [0.4, 0.5) is 0 Å². The van der Waals surface area contributed by atoms with Crippen LogP contribution in [-0.2, 0) is 25.5 Å². The number of likely N-dealkylation sites (N-methyl/N-ethyl adjacent to an activating group) is 1. The molecule has 4 atom stereocenters. The van der Waals surface area contributed by atoms with Gasteiger partial charge in [0, 0.05) is 11.5 Å². The molecule has 11 nitrogen and oxygen atoms in total. The van der Waals surface area contributed by atoms with Crippen molar-refractivity contribution in [3.63, 3.8) is 0 Å². The molecule has 220 valence electrons. The molecule has 0 bridgehead atoms. The zero-order valence-corrected chi connectivity index (χ0v) is 23.5. The summed E-state index contributed by atoms with van der Waals surface area (Å²) >= 11 is 0. The van der Waals surface area contributed by atoms with E-state index in [9.17, 15) is 39.6 Å². The molecule has 42 heavy (non-hydrogen) atoms. The SMILES string of the molecule is CC(C)OC(=O)c1cccc(-c2ccc(O)c3c2C[C@@H]2C[C@@H]4[C@@H](N(C)C)C(=O)C(C(N)=O)=C(O)[C@]4(O)C(=O)C2=C3O)c1. The molecule has 0 heterocycles. The Morgan fingerprint density at radius 3 is 2.40 bits per heavy atom. The Morgan fingerprint density at radius 1 is 1.10 bits per heavy atom. The van der Waals surface area contributed by atoms with E-state index in [1.807, 2.05) is 0 Å². The highest BCUT2D eigenvalue weighted by atomic mass is 16.5. The van der Waals surface area contributed by atoms with Gasteiger partial charge in [-0.3, -0.25) is 19.3 Å². The number of carbonyl (C=O) groups excluding carboxylic acids is 4. The molecular formula is C31H32N2O9. The van der Waals surface area contributed by atoms with Crippen molar-refractivity contribution in [1.29, 1.82) is 0 Å². The van der Waals surface area contributed by atoms with Crippen LogP contribution in [-0.4, -0.2) is 80.6 Å². The summed E-state index contributed by atoms with van der Waals surface area (Å²) in [6.07, 6.45) is -0.225. The highest BCUT2D eigenvalue weighted by Gasteiger charge is 2.64. The minimum atomic E-state index is -2.71. The van der Waals surface area contributed by atoms with Crippen LogP contribution < -0.4 is 5.73 Å². The Balaban J connectivity index is 1.68. The van der Waals surface area contributed by atoms with Crippen LogP contribution in [0.3, 0.4) is 0 Å². The molecule has 11 heteroatoms. The van der Waals surface area contributed by atoms with E-state index in [2.05, 4.69) is 0 Å². The van der Waals surface area contributed by atoms with E-state index in [0.717, 1.165) is 0 Å². The number of nitrogens with two attached hydrogens (primary N) is 1. The van der Waals surface area contributed by atoms with Crippen LogP contribution in [0.5, 0.6) is 5.75 Å². The lowest BCUT2D eigenvalue weighted by Gasteiger charge is -2.50. The number of Topliss-reactive ketones (excluding diaryl/α,β-unsaturated/α-hetero) is 2. The van der Waals surface area contributed by atoms with Gasteiger partial charge < -0.3 is 30.9 Å². The summed E-state index contributed by atoms with van der Waals surface area (Å²) in [5.41, 5.74) is 3.52. The topological polar surface area (TPSA) is 188 Å². The lowest BCUT2D eigenvalue weighted by molar-refractivity contribution is -0.153. The Kier molecular flexibility index (Phi) is 6.99.